The van der Waals surface area contributed by atoms with Gasteiger partial charge in [-0.3, -0.25) is 5.43 Å². The molecule has 0 bridgehead atoms. The SMILES string of the molecule is Nc1nnnn1NCc1ccc(-c2ccc(Br)cc2Cl)o1. The summed E-state index contributed by atoms with van der Waals surface area (Å²) < 4.78 is 6.66. The van der Waals surface area contributed by atoms with Crippen LogP contribution in [0.3, 0.4) is 0 Å². The minimum atomic E-state index is 0.178. The van der Waals surface area contributed by atoms with Gasteiger partial charge in [0.25, 0.3) is 5.95 Å². The van der Waals surface area contributed by atoms with Crippen molar-refractivity contribution in [2.45, 2.75) is 6.54 Å². The summed E-state index contributed by atoms with van der Waals surface area (Å²) in [6, 6.07) is 9.32. The number of nitrogens with zero attached hydrogens (tertiary/aromatic N) is 4. The van der Waals surface area contributed by atoms with Crippen molar-refractivity contribution in [3.63, 3.8) is 0 Å². The van der Waals surface area contributed by atoms with Gasteiger partial charge in [-0.2, -0.15) is 0 Å². The number of nitrogens with two attached hydrogens (primary N) is 1. The van der Waals surface area contributed by atoms with E-state index in [-0.39, 0.29) is 5.95 Å². The highest BCUT2D eigenvalue weighted by molar-refractivity contribution is 9.10. The van der Waals surface area contributed by atoms with Crippen LogP contribution in [0.2, 0.25) is 5.02 Å². The second-order valence-corrected chi connectivity index (χ2v) is 5.50. The number of anilines is 1. The van der Waals surface area contributed by atoms with Gasteiger partial charge >= 0.3 is 0 Å². The molecule has 0 aliphatic rings. The maximum absolute atomic E-state index is 6.20. The molecule has 0 saturated heterocycles. The first-order chi connectivity index (χ1) is 10.1. The van der Waals surface area contributed by atoms with Gasteiger partial charge in [-0.1, -0.05) is 32.6 Å². The molecule has 1 aromatic carbocycles. The quantitative estimate of drug-likeness (QED) is 0.734. The first-order valence-corrected chi connectivity index (χ1v) is 7.12. The van der Waals surface area contributed by atoms with Gasteiger partial charge in [0.1, 0.15) is 11.5 Å². The summed E-state index contributed by atoms with van der Waals surface area (Å²) >= 11 is 9.57. The van der Waals surface area contributed by atoms with Crippen LogP contribution < -0.4 is 11.2 Å². The Balaban J connectivity index is 1.75. The summed E-state index contributed by atoms with van der Waals surface area (Å²) in [7, 11) is 0. The van der Waals surface area contributed by atoms with Crippen molar-refractivity contribution in [2.24, 2.45) is 0 Å². The zero-order valence-corrected chi connectivity index (χ0v) is 13.0. The fourth-order valence-electron chi connectivity index (χ4n) is 1.77. The van der Waals surface area contributed by atoms with Crippen LogP contribution in [0.5, 0.6) is 0 Å². The van der Waals surface area contributed by atoms with Crippen molar-refractivity contribution in [1.29, 1.82) is 0 Å². The number of benzene rings is 1. The van der Waals surface area contributed by atoms with Crippen LogP contribution in [0.25, 0.3) is 11.3 Å². The molecule has 0 amide bonds. The largest absolute Gasteiger partial charge is 0.459 e. The number of hydrogen-bond acceptors (Lipinski definition) is 6. The lowest BCUT2D eigenvalue weighted by molar-refractivity contribution is 0.517. The van der Waals surface area contributed by atoms with E-state index in [9.17, 15) is 0 Å². The third-order valence-electron chi connectivity index (χ3n) is 2.75. The van der Waals surface area contributed by atoms with E-state index in [4.69, 9.17) is 21.8 Å². The van der Waals surface area contributed by atoms with E-state index in [0.717, 1.165) is 10.0 Å². The molecule has 2 heterocycles. The summed E-state index contributed by atoms with van der Waals surface area (Å²) in [5, 5.41) is 11.3. The van der Waals surface area contributed by atoms with Gasteiger partial charge in [0.05, 0.1) is 11.6 Å². The molecule has 3 N–H and O–H groups in total. The third-order valence-corrected chi connectivity index (χ3v) is 3.56. The highest BCUT2D eigenvalue weighted by Gasteiger charge is 2.09. The van der Waals surface area contributed by atoms with Crippen molar-refractivity contribution >= 4 is 33.5 Å². The molecule has 0 unspecified atom stereocenters. The van der Waals surface area contributed by atoms with Crippen LogP contribution in [-0.4, -0.2) is 20.3 Å². The molecule has 0 fully saturated rings. The second kappa shape index (κ2) is 5.74. The van der Waals surface area contributed by atoms with Gasteiger partial charge < -0.3 is 10.2 Å². The van der Waals surface area contributed by atoms with Gasteiger partial charge in [0.2, 0.25) is 0 Å². The molecular weight excluding hydrogens is 360 g/mol. The summed E-state index contributed by atoms with van der Waals surface area (Å²) in [5.41, 5.74) is 9.29. The molecule has 3 rings (SSSR count). The summed E-state index contributed by atoms with van der Waals surface area (Å²) in [6.07, 6.45) is 0. The Morgan fingerprint density at radius 3 is 2.90 bits per heavy atom. The molecule has 0 aliphatic carbocycles. The standard InChI is InChI=1S/C12H10BrClN6O/c13-7-1-3-9(10(14)5-7)11-4-2-8(21-11)6-16-20-12(15)17-18-19-20/h1-5,16H,6H2,(H2,15,17,19). The van der Waals surface area contributed by atoms with Gasteiger partial charge in [-0.15, -0.1) is 4.79 Å². The number of halogens is 2. The molecule has 0 spiro atoms. The molecule has 9 heteroatoms. The Morgan fingerprint density at radius 1 is 1.33 bits per heavy atom. The number of nitrogen functional groups attached to an aromatic ring is 1. The molecule has 0 atom stereocenters. The van der Waals surface area contributed by atoms with Crippen LogP contribution in [-0.2, 0) is 6.54 Å². The van der Waals surface area contributed by atoms with Crippen LogP contribution >= 0.6 is 27.5 Å². The van der Waals surface area contributed by atoms with Gasteiger partial charge in [0.15, 0.2) is 0 Å². The van der Waals surface area contributed by atoms with Crippen LogP contribution in [0, 0.1) is 0 Å². The van der Waals surface area contributed by atoms with Crippen LogP contribution in [0.15, 0.2) is 39.2 Å². The Kier molecular flexibility index (Phi) is 3.80. The Hall–Kier alpha value is -2.06. The fraction of sp³-hybridized carbons (Fsp3) is 0.0833. The lowest BCUT2D eigenvalue weighted by atomic mass is 10.2. The lowest BCUT2D eigenvalue weighted by Crippen LogP contribution is -2.18. The summed E-state index contributed by atoms with van der Waals surface area (Å²) in [5.74, 6) is 1.57. The Morgan fingerprint density at radius 2 is 2.19 bits per heavy atom. The number of hydrogen-bond donors (Lipinski definition) is 2. The monoisotopic (exact) mass is 368 g/mol. The topological polar surface area (TPSA) is 94.8 Å². The predicted octanol–water partition coefficient (Wildman–Crippen LogP) is 2.67. The lowest BCUT2D eigenvalue weighted by Gasteiger charge is -2.04. The third kappa shape index (κ3) is 3.01. The maximum Gasteiger partial charge on any atom is 0.260 e. The normalized spacial score (nSPS) is 10.8. The fourth-order valence-corrected chi connectivity index (χ4v) is 2.53. The molecule has 7 nitrogen and oxygen atoms in total. The number of aromatic nitrogens is 4. The predicted molar refractivity (Wildman–Crippen MR) is 82.1 cm³/mol. The second-order valence-electron chi connectivity index (χ2n) is 4.17. The van der Waals surface area contributed by atoms with E-state index < -0.39 is 0 Å². The minimum absolute atomic E-state index is 0.178. The highest BCUT2D eigenvalue weighted by Crippen LogP contribution is 2.31. The Bertz CT molecular complexity index is 771. The van der Waals surface area contributed by atoms with Gasteiger partial charge in [-0.05, 0) is 40.8 Å². The first kappa shape index (κ1) is 13.9. The van der Waals surface area contributed by atoms with E-state index >= 15 is 0 Å². The minimum Gasteiger partial charge on any atom is -0.459 e. The summed E-state index contributed by atoms with van der Waals surface area (Å²) in [6.45, 7) is 0.392. The van der Waals surface area contributed by atoms with Crippen LogP contribution in [0.4, 0.5) is 5.95 Å². The number of rotatable bonds is 4. The van der Waals surface area contributed by atoms with E-state index in [1.807, 2.05) is 30.3 Å². The molecule has 0 saturated carbocycles. The molecule has 2 aromatic heterocycles. The molecule has 0 radical (unpaired) electrons. The molecule has 108 valence electrons. The zero-order chi connectivity index (χ0) is 14.8. The zero-order valence-electron chi connectivity index (χ0n) is 10.6. The Labute approximate surface area is 133 Å². The molecular formula is C12H10BrClN6O. The average molecular weight is 370 g/mol. The molecule has 3 aromatic rings. The van der Waals surface area contributed by atoms with Crippen molar-refractivity contribution in [3.8, 4) is 11.3 Å². The van der Waals surface area contributed by atoms with E-state index in [1.54, 1.807) is 0 Å². The smallest absolute Gasteiger partial charge is 0.260 e. The van der Waals surface area contributed by atoms with E-state index in [2.05, 4.69) is 36.9 Å². The number of furan rings is 1. The van der Waals surface area contributed by atoms with Gasteiger partial charge in [-0.25, -0.2) is 0 Å². The summed E-state index contributed by atoms with van der Waals surface area (Å²) in [4.78, 5) is 1.27. The van der Waals surface area contributed by atoms with Crippen molar-refractivity contribution < 1.29 is 4.42 Å². The highest BCUT2D eigenvalue weighted by atomic mass is 79.9. The first-order valence-electron chi connectivity index (χ1n) is 5.95. The van der Waals surface area contributed by atoms with E-state index in [1.165, 1.54) is 4.79 Å². The van der Waals surface area contributed by atoms with Crippen molar-refractivity contribution in [2.75, 3.05) is 11.2 Å². The maximum atomic E-state index is 6.20. The van der Waals surface area contributed by atoms with Crippen molar-refractivity contribution in [3.05, 3.63) is 45.6 Å². The number of nitrogens with one attached hydrogen (secondary N) is 1. The van der Waals surface area contributed by atoms with E-state index in [0.29, 0.717) is 23.1 Å². The van der Waals surface area contributed by atoms with Crippen molar-refractivity contribution in [1.82, 2.24) is 20.3 Å². The number of tetrazole rings is 1. The average Bonchev–Trinajstić information content (AvgIpc) is 3.05. The molecule has 21 heavy (non-hydrogen) atoms. The molecule has 0 aliphatic heterocycles. The van der Waals surface area contributed by atoms with Gasteiger partial charge in [0, 0.05) is 10.0 Å². The van der Waals surface area contributed by atoms with Crippen LogP contribution in [0.1, 0.15) is 5.76 Å².